The third-order valence-electron chi connectivity index (χ3n) is 1.93. The largest absolute Gasteiger partial charge is 0.324 e. The van der Waals surface area contributed by atoms with Crippen LogP contribution in [0.25, 0.3) is 10.2 Å². The molecule has 0 atom stereocenters. The molecule has 2 nitrogen and oxygen atoms in total. The van der Waals surface area contributed by atoms with Crippen molar-refractivity contribution in [2.45, 2.75) is 10.8 Å². The molecule has 2 aromatic rings. The minimum Gasteiger partial charge on any atom is -0.324 e. The van der Waals surface area contributed by atoms with Crippen molar-refractivity contribution in [3.05, 3.63) is 36.4 Å². The lowest BCUT2D eigenvalue weighted by Gasteiger charge is -1.96. The van der Waals surface area contributed by atoms with Crippen molar-refractivity contribution < 1.29 is 4.55 Å². The minimum atomic E-state index is 0.691. The quantitative estimate of drug-likeness (QED) is 0.637. The Morgan fingerprint density at radius 3 is 3.14 bits per heavy atom. The molecule has 1 heterocycles. The first-order valence-electron chi connectivity index (χ1n) is 4.16. The Bertz CT molecular complexity index is 464. The second kappa shape index (κ2) is 4.13. The first kappa shape index (κ1) is 9.71. The monoisotopic (exact) mass is 223 g/mol. The second-order valence-electron chi connectivity index (χ2n) is 2.83. The average molecular weight is 223 g/mol. The third kappa shape index (κ3) is 1.68. The Hall–Kier alpha value is -0.840. The molecule has 0 amide bonds. The summed E-state index contributed by atoms with van der Waals surface area (Å²) >= 11 is 2.21. The first-order chi connectivity index (χ1) is 6.85. The van der Waals surface area contributed by atoms with Gasteiger partial charge in [0.2, 0.25) is 0 Å². The number of allylic oxidation sites excluding steroid dienone is 1. The average Bonchev–Trinajstić information content (AvgIpc) is 2.62. The number of para-hydroxylation sites is 1. The van der Waals surface area contributed by atoms with Gasteiger partial charge in [0.15, 0.2) is 4.34 Å². The molecule has 0 bridgehead atoms. The van der Waals surface area contributed by atoms with Gasteiger partial charge in [0.05, 0.1) is 22.3 Å². The lowest BCUT2D eigenvalue weighted by Crippen LogP contribution is -1.82. The van der Waals surface area contributed by atoms with Crippen molar-refractivity contribution in [1.29, 1.82) is 0 Å². The molecule has 0 fully saturated rings. The summed E-state index contributed by atoms with van der Waals surface area (Å²) < 4.78 is 10.7. The highest BCUT2D eigenvalue weighted by molar-refractivity contribution is 7.95. The smallest absolute Gasteiger partial charge is 0.178 e. The number of aromatic nitrogens is 1. The van der Waals surface area contributed by atoms with Gasteiger partial charge in [0.1, 0.15) is 0 Å². The van der Waals surface area contributed by atoms with Crippen LogP contribution in [0.2, 0.25) is 0 Å². The van der Waals surface area contributed by atoms with E-state index in [1.807, 2.05) is 24.3 Å². The van der Waals surface area contributed by atoms with Crippen molar-refractivity contribution in [2.24, 2.45) is 0 Å². The van der Waals surface area contributed by atoms with Gasteiger partial charge in [-0.05, 0) is 18.1 Å². The number of hydrogen-bond donors (Lipinski definition) is 1. The Kier molecular flexibility index (Phi) is 2.86. The molecule has 14 heavy (non-hydrogen) atoms. The minimum absolute atomic E-state index is 0.691. The molecule has 0 saturated heterocycles. The van der Waals surface area contributed by atoms with Crippen LogP contribution in [0.3, 0.4) is 0 Å². The van der Waals surface area contributed by atoms with Gasteiger partial charge in [-0.2, -0.15) is 0 Å². The van der Waals surface area contributed by atoms with Crippen LogP contribution < -0.4 is 0 Å². The summed E-state index contributed by atoms with van der Waals surface area (Å²) in [6.45, 7) is 3.71. The number of nitrogens with zero attached hydrogens (tertiary/aromatic N) is 1. The molecule has 2 rings (SSSR count). The summed E-state index contributed by atoms with van der Waals surface area (Å²) in [5, 5.41) is 0. The van der Waals surface area contributed by atoms with Crippen molar-refractivity contribution in [1.82, 2.24) is 4.98 Å². The van der Waals surface area contributed by atoms with Crippen LogP contribution in [-0.2, 0) is 6.42 Å². The number of fused-ring (bicyclic) bond motifs is 1. The summed E-state index contributed by atoms with van der Waals surface area (Å²) in [4.78, 5) is 4.33. The van der Waals surface area contributed by atoms with E-state index in [0.29, 0.717) is 16.4 Å². The van der Waals surface area contributed by atoms with E-state index < -0.39 is 0 Å². The molecule has 0 aliphatic heterocycles. The summed E-state index contributed by atoms with van der Waals surface area (Å²) in [6.07, 6.45) is 2.68. The van der Waals surface area contributed by atoms with Gasteiger partial charge >= 0.3 is 0 Å². The molecule has 0 radical (unpaired) electrons. The van der Waals surface area contributed by atoms with E-state index in [-0.39, 0.29) is 0 Å². The number of benzene rings is 1. The number of hydrogen-bond acceptors (Lipinski definition) is 4. The zero-order valence-electron chi connectivity index (χ0n) is 7.43. The molecule has 0 aliphatic rings. The van der Waals surface area contributed by atoms with E-state index >= 15 is 0 Å². The Morgan fingerprint density at radius 2 is 2.43 bits per heavy atom. The highest BCUT2D eigenvalue weighted by atomic mass is 32.2. The highest BCUT2D eigenvalue weighted by Crippen LogP contribution is 2.29. The van der Waals surface area contributed by atoms with Crippen LogP contribution in [0.1, 0.15) is 5.56 Å². The molecule has 1 aromatic carbocycles. The Balaban J connectivity index is 2.60. The fraction of sp³-hybridized carbons (Fsp3) is 0.100. The first-order valence-corrected chi connectivity index (χ1v) is 5.75. The summed E-state index contributed by atoms with van der Waals surface area (Å²) in [6, 6.07) is 6.06. The lowest BCUT2D eigenvalue weighted by atomic mass is 10.1. The van der Waals surface area contributed by atoms with Gasteiger partial charge in [-0.1, -0.05) is 18.2 Å². The number of rotatable bonds is 3. The van der Waals surface area contributed by atoms with Crippen molar-refractivity contribution >= 4 is 33.6 Å². The SMILES string of the molecule is C=CCc1cccc2sc(SO)nc12. The van der Waals surface area contributed by atoms with Gasteiger partial charge < -0.3 is 4.55 Å². The summed E-state index contributed by atoms with van der Waals surface area (Å²) in [5.41, 5.74) is 2.14. The molecular weight excluding hydrogens is 214 g/mol. The van der Waals surface area contributed by atoms with E-state index in [1.165, 1.54) is 11.3 Å². The zero-order valence-corrected chi connectivity index (χ0v) is 9.07. The van der Waals surface area contributed by atoms with Crippen LogP contribution in [-0.4, -0.2) is 9.54 Å². The van der Waals surface area contributed by atoms with Crippen molar-refractivity contribution in [2.75, 3.05) is 0 Å². The molecule has 0 spiro atoms. The predicted molar refractivity (Wildman–Crippen MR) is 62.0 cm³/mol. The fourth-order valence-corrected chi connectivity index (χ4v) is 2.64. The van der Waals surface area contributed by atoms with Gasteiger partial charge in [0.25, 0.3) is 0 Å². The predicted octanol–water partition coefficient (Wildman–Crippen LogP) is 3.59. The van der Waals surface area contributed by atoms with E-state index in [4.69, 9.17) is 4.55 Å². The maximum Gasteiger partial charge on any atom is 0.178 e. The van der Waals surface area contributed by atoms with Gasteiger partial charge in [-0.3, -0.25) is 0 Å². The van der Waals surface area contributed by atoms with Gasteiger partial charge in [0, 0.05) is 0 Å². The normalized spacial score (nSPS) is 10.6. The summed E-state index contributed by atoms with van der Waals surface area (Å²) in [7, 11) is 0. The van der Waals surface area contributed by atoms with E-state index in [0.717, 1.165) is 22.2 Å². The topological polar surface area (TPSA) is 33.1 Å². The molecule has 1 aromatic heterocycles. The van der Waals surface area contributed by atoms with Crippen molar-refractivity contribution in [3.8, 4) is 0 Å². The zero-order chi connectivity index (χ0) is 9.97. The fourth-order valence-electron chi connectivity index (χ4n) is 1.34. The van der Waals surface area contributed by atoms with Crippen LogP contribution in [0.15, 0.2) is 35.2 Å². The molecule has 0 aliphatic carbocycles. The Morgan fingerprint density at radius 1 is 1.57 bits per heavy atom. The maximum absolute atomic E-state index is 8.90. The molecule has 1 N–H and O–H groups in total. The van der Waals surface area contributed by atoms with Gasteiger partial charge in [-0.15, -0.1) is 17.9 Å². The standard InChI is InChI=1S/C10H9NOS2/c1-2-4-7-5-3-6-8-9(7)11-10(13-8)14-12/h2-3,5-6,12H,1,4H2. The van der Waals surface area contributed by atoms with E-state index in [9.17, 15) is 0 Å². The van der Waals surface area contributed by atoms with Crippen LogP contribution in [0, 0.1) is 0 Å². The maximum atomic E-state index is 8.90. The van der Waals surface area contributed by atoms with E-state index in [2.05, 4.69) is 11.6 Å². The highest BCUT2D eigenvalue weighted by Gasteiger charge is 2.06. The van der Waals surface area contributed by atoms with Crippen LogP contribution in [0.4, 0.5) is 0 Å². The molecule has 0 unspecified atom stereocenters. The van der Waals surface area contributed by atoms with Gasteiger partial charge in [-0.25, -0.2) is 4.98 Å². The van der Waals surface area contributed by atoms with Crippen LogP contribution >= 0.6 is 23.4 Å². The second-order valence-corrected chi connectivity index (χ2v) is 4.69. The van der Waals surface area contributed by atoms with E-state index in [1.54, 1.807) is 0 Å². The Labute approximate surface area is 90.5 Å². The van der Waals surface area contributed by atoms with Crippen molar-refractivity contribution in [3.63, 3.8) is 0 Å². The molecule has 4 heteroatoms. The number of thiazole rings is 1. The third-order valence-corrected chi connectivity index (χ3v) is 3.46. The lowest BCUT2D eigenvalue weighted by molar-refractivity contribution is 0.663. The summed E-state index contributed by atoms with van der Waals surface area (Å²) in [5.74, 6) is 0. The van der Waals surface area contributed by atoms with Crippen LogP contribution in [0.5, 0.6) is 0 Å². The molecular formula is C10H9NOS2. The molecule has 72 valence electrons. The molecule has 0 saturated carbocycles.